The standard InChI is InChI=1S/C18H14ClNO4/c19-13-5-3-4-12(10-13)16(21)11-20-15-7-2-1-6-14(15)18(17(20)22)23-8-9-24-18/h1-7,10H,8-9,11H2. The van der Waals surface area contributed by atoms with Gasteiger partial charge in [0.2, 0.25) is 0 Å². The summed E-state index contributed by atoms with van der Waals surface area (Å²) in [5.74, 6) is -1.97. The summed E-state index contributed by atoms with van der Waals surface area (Å²) in [6, 6.07) is 13.9. The molecule has 2 aromatic carbocycles. The van der Waals surface area contributed by atoms with Crippen molar-refractivity contribution >= 4 is 29.0 Å². The molecule has 2 aliphatic rings. The summed E-state index contributed by atoms with van der Waals surface area (Å²) in [5, 5.41) is 0.480. The fourth-order valence-electron chi connectivity index (χ4n) is 3.13. The average molecular weight is 344 g/mol. The third kappa shape index (κ3) is 2.24. The van der Waals surface area contributed by atoms with Crippen LogP contribution in [0.3, 0.4) is 0 Å². The Kier molecular flexibility index (Phi) is 3.64. The number of halogens is 1. The zero-order valence-corrected chi connectivity index (χ0v) is 13.5. The number of nitrogens with zero attached hydrogens (tertiary/aromatic N) is 1. The smallest absolute Gasteiger partial charge is 0.292 e. The summed E-state index contributed by atoms with van der Waals surface area (Å²) in [6.07, 6.45) is 0. The van der Waals surface area contributed by atoms with E-state index in [-0.39, 0.29) is 18.2 Å². The Morgan fingerprint density at radius 1 is 1.12 bits per heavy atom. The molecule has 122 valence electrons. The molecule has 1 fully saturated rings. The zero-order chi connectivity index (χ0) is 16.7. The van der Waals surface area contributed by atoms with E-state index in [9.17, 15) is 9.59 Å². The van der Waals surface area contributed by atoms with Crippen LogP contribution in [-0.4, -0.2) is 31.4 Å². The highest BCUT2D eigenvalue weighted by Gasteiger charge is 2.56. The second-order valence-corrected chi connectivity index (χ2v) is 6.09. The summed E-state index contributed by atoms with van der Waals surface area (Å²) in [5.41, 5.74) is 1.74. The second-order valence-electron chi connectivity index (χ2n) is 5.66. The minimum absolute atomic E-state index is 0.0926. The van der Waals surface area contributed by atoms with Crippen molar-refractivity contribution in [1.29, 1.82) is 0 Å². The molecule has 2 aliphatic heterocycles. The third-order valence-electron chi connectivity index (χ3n) is 4.22. The quantitative estimate of drug-likeness (QED) is 0.804. The van der Waals surface area contributed by atoms with Crippen LogP contribution in [0.15, 0.2) is 48.5 Å². The number of hydrogen-bond acceptors (Lipinski definition) is 4. The Labute approximate surface area is 143 Å². The average Bonchev–Trinajstić information content (AvgIpc) is 3.17. The van der Waals surface area contributed by atoms with E-state index in [1.807, 2.05) is 12.1 Å². The maximum atomic E-state index is 12.9. The van der Waals surface area contributed by atoms with Gasteiger partial charge in [-0.05, 0) is 18.2 Å². The molecular weight excluding hydrogens is 330 g/mol. The molecule has 6 heteroatoms. The Morgan fingerprint density at radius 2 is 1.88 bits per heavy atom. The van der Waals surface area contributed by atoms with Crippen molar-refractivity contribution < 1.29 is 19.1 Å². The zero-order valence-electron chi connectivity index (χ0n) is 12.7. The van der Waals surface area contributed by atoms with Gasteiger partial charge in [-0.15, -0.1) is 0 Å². The van der Waals surface area contributed by atoms with Crippen LogP contribution < -0.4 is 4.90 Å². The van der Waals surface area contributed by atoms with Gasteiger partial charge in [-0.25, -0.2) is 0 Å². The molecule has 0 unspecified atom stereocenters. The number of hydrogen-bond donors (Lipinski definition) is 0. The highest BCUT2D eigenvalue weighted by atomic mass is 35.5. The Hall–Kier alpha value is -2.21. The minimum atomic E-state index is -1.41. The van der Waals surface area contributed by atoms with E-state index in [2.05, 4.69) is 0 Å². The van der Waals surface area contributed by atoms with E-state index < -0.39 is 5.79 Å². The van der Waals surface area contributed by atoms with Gasteiger partial charge in [0.1, 0.15) is 0 Å². The molecule has 0 aliphatic carbocycles. The minimum Gasteiger partial charge on any atom is -0.336 e. The van der Waals surface area contributed by atoms with Crippen molar-refractivity contribution in [3.8, 4) is 0 Å². The fourth-order valence-corrected chi connectivity index (χ4v) is 3.33. The number of benzene rings is 2. The molecule has 0 N–H and O–H groups in total. The molecule has 0 bridgehead atoms. The number of amides is 1. The van der Waals surface area contributed by atoms with Gasteiger partial charge in [-0.2, -0.15) is 0 Å². The van der Waals surface area contributed by atoms with Crippen LogP contribution in [0.25, 0.3) is 0 Å². The van der Waals surface area contributed by atoms with Crippen LogP contribution >= 0.6 is 11.6 Å². The number of anilines is 1. The first-order valence-electron chi connectivity index (χ1n) is 7.60. The molecule has 1 amide bonds. The Morgan fingerprint density at radius 3 is 2.62 bits per heavy atom. The lowest BCUT2D eigenvalue weighted by molar-refractivity contribution is -0.180. The van der Waals surface area contributed by atoms with Gasteiger partial charge in [0.05, 0.1) is 25.4 Å². The molecule has 0 saturated carbocycles. The molecule has 1 spiro atoms. The molecule has 2 aromatic rings. The highest BCUT2D eigenvalue weighted by molar-refractivity contribution is 6.31. The summed E-state index contributed by atoms with van der Waals surface area (Å²) in [6.45, 7) is 0.594. The molecule has 5 nitrogen and oxygen atoms in total. The van der Waals surface area contributed by atoms with E-state index in [1.54, 1.807) is 36.4 Å². The van der Waals surface area contributed by atoms with Gasteiger partial charge in [0.15, 0.2) is 5.78 Å². The first kappa shape index (κ1) is 15.3. The number of fused-ring (bicyclic) bond motifs is 2. The van der Waals surface area contributed by atoms with Crippen LogP contribution in [0.4, 0.5) is 5.69 Å². The first-order chi connectivity index (χ1) is 11.6. The van der Waals surface area contributed by atoms with Gasteiger partial charge in [0, 0.05) is 16.1 Å². The van der Waals surface area contributed by atoms with Crippen molar-refractivity contribution in [2.24, 2.45) is 0 Å². The summed E-state index contributed by atoms with van der Waals surface area (Å²) in [7, 11) is 0. The van der Waals surface area contributed by atoms with E-state index in [0.29, 0.717) is 35.1 Å². The van der Waals surface area contributed by atoms with Crippen molar-refractivity contribution in [2.45, 2.75) is 5.79 Å². The van der Waals surface area contributed by atoms with E-state index in [4.69, 9.17) is 21.1 Å². The summed E-state index contributed by atoms with van der Waals surface area (Å²) in [4.78, 5) is 26.9. The Balaban J connectivity index is 1.69. The summed E-state index contributed by atoms with van der Waals surface area (Å²) >= 11 is 5.94. The van der Waals surface area contributed by atoms with Crippen LogP contribution in [0.5, 0.6) is 0 Å². The molecule has 2 heterocycles. The fraction of sp³-hybridized carbons (Fsp3) is 0.222. The van der Waals surface area contributed by atoms with Crippen molar-refractivity contribution in [1.82, 2.24) is 0 Å². The number of carbonyl (C=O) groups is 2. The lowest BCUT2D eigenvalue weighted by atomic mass is 10.1. The number of ether oxygens (including phenoxy) is 2. The number of para-hydroxylation sites is 1. The lowest BCUT2D eigenvalue weighted by Crippen LogP contribution is -2.43. The maximum Gasteiger partial charge on any atom is 0.292 e. The predicted molar refractivity (Wildman–Crippen MR) is 88.2 cm³/mol. The van der Waals surface area contributed by atoms with Gasteiger partial charge in [-0.3, -0.25) is 14.5 Å². The van der Waals surface area contributed by atoms with Crippen molar-refractivity contribution in [3.63, 3.8) is 0 Å². The molecule has 1 saturated heterocycles. The molecule has 0 radical (unpaired) electrons. The second kappa shape index (κ2) is 5.70. The van der Waals surface area contributed by atoms with Crippen molar-refractivity contribution in [2.75, 3.05) is 24.7 Å². The monoisotopic (exact) mass is 343 g/mol. The first-order valence-corrected chi connectivity index (χ1v) is 7.98. The normalized spacial score (nSPS) is 18.2. The molecular formula is C18H14ClNO4. The molecule has 0 atom stereocenters. The van der Waals surface area contributed by atoms with Gasteiger partial charge < -0.3 is 9.47 Å². The maximum absolute atomic E-state index is 12.9. The van der Waals surface area contributed by atoms with Crippen LogP contribution in [0.1, 0.15) is 15.9 Å². The number of carbonyl (C=O) groups excluding carboxylic acids is 2. The van der Waals surface area contributed by atoms with Gasteiger partial charge in [-0.1, -0.05) is 41.9 Å². The number of ketones is 1. The molecule has 4 rings (SSSR count). The summed E-state index contributed by atoms with van der Waals surface area (Å²) < 4.78 is 11.3. The number of Topliss-reactive ketones (excluding diaryl/α,β-unsaturated/α-hetero) is 1. The van der Waals surface area contributed by atoms with Gasteiger partial charge >= 0.3 is 0 Å². The van der Waals surface area contributed by atoms with Crippen LogP contribution in [0, 0.1) is 0 Å². The molecule has 0 aromatic heterocycles. The molecule has 24 heavy (non-hydrogen) atoms. The largest absolute Gasteiger partial charge is 0.336 e. The van der Waals surface area contributed by atoms with Gasteiger partial charge in [0.25, 0.3) is 11.7 Å². The van der Waals surface area contributed by atoms with Crippen LogP contribution in [0.2, 0.25) is 5.02 Å². The van der Waals surface area contributed by atoms with E-state index >= 15 is 0 Å². The van der Waals surface area contributed by atoms with E-state index in [1.165, 1.54) is 4.90 Å². The SMILES string of the molecule is O=C(CN1C(=O)C2(OCCO2)c2ccccc21)c1cccc(Cl)c1. The number of rotatable bonds is 3. The predicted octanol–water partition coefficient (Wildman–Crippen LogP) is 2.77. The lowest BCUT2D eigenvalue weighted by Gasteiger charge is -2.21. The Bertz CT molecular complexity index is 829. The third-order valence-corrected chi connectivity index (χ3v) is 4.45. The van der Waals surface area contributed by atoms with Crippen molar-refractivity contribution in [3.05, 3.63) is 64.7 Å². The highest BCUT2D eigenvalue weighted by Crippen LogP contribution is 2.45. The van der Waals surface area contributed by atoms with Crippen LogP contribution in [-0.2, 0) is 20.1 Å². The van der Waals surface area contributed by atoms with E-state index in [0.717, 1.165) is 0 Å². The topological polar surface area (TPSA) is 55.8 Å².